The van der Waals surface area contributed by atoms with E-state index in [1.165, 1.54) is 55.6 Å². The minimum Gasteiger partial charge on any atom is -0.494 e. The SMILES string of the molecule is Nc1ccc(-c2c(-c3ccccc3)cc(-c3ccc(OCCCCCCOc4ccc(-c5cc(-c6ccccc6)c(-c6ccc(N)cc6)c(-c6ccccc6)c5)cc4)cc3)cc2-c2ccccc2)cc1. The van der Waals surface area contributed by atoms with Crippen LogP contribution in [0.2, 0.25) is 0 Å². The summed E-state index contributed by atoms with van der Waals surface area (Å²) in [6.07, 6.45) is 4.12. The fourth-order valence-electron chi connectivity index (χ4n) is 9.35. The van der Waals surface area contributed by atoms with Crippen LogP contribution in [0.5, 0.6) is 11.5 Å². The number of anilines is 2. The average molecular weight is 909 g/mol. The first kappa shape index (κ1) is 45.2. The zero-order chi connectivity index (χ0) is 47.5. The van der Waals surface area contributed by atoms with Gasteiger partial charge in [0.05, 0.1) is 13.2 Å². The van der Waals surface area contributed by atoms with Gasteiger partial charge in [-0.15, -0.1) is 0 Å². The Bertz CT molecular complexity index is 2920. The third-order valence-electron chi connectivity index (χ3n) is 13.0. The zero-order valence-electron chi connectivity index (χ0n) is 39.3. The van der Waals surface area contributed by atoms with Crippen molar-refractivity contribution in [2.24, 2.45) is 0 Å². The number of nitrogen functional groups attached to an aromatic ring is 2. The number of ether oxygens (including phenoxy) is 2. The Hall–Kier alpha value is -8.60. The smallest absolute Gasteiger partial charge is 0.119 e. The van der Waals surface area contributed by atoms with Gasteiger partial charge in [0, 0.05) is 11.4 Å². The molecule has 0 heterocycles. The standard InChI is InChI=1S/C66H56N2O2/c67-57-33-25-53(26-34-57)65-61(49-17-7-3-8-18-49)43-55(44-62(65)50-19-9-4-10-20-50)47-29-37-59(38-30-47)69-41-15-1-2-16-42-70-60-39-31-48(32-40-60)56-45-63(51-21-11-5-12-22-51)66(54-27-35-58(68)36-28-54)64(46-56)52-23-13-6-14-24-52/h3-14,17-40,43-46H,1-2,15-16,41-42,67-68H2. The number of hydrogen-bond acceptors (Lipinski definition) is 4. The van der Waals surface area contributed by atoms with Gasteiger partial charge in [-0.1, -0.05) is 170 Å². The molecule has 342 valence electrons. The van der Waals surface area contributed by atoms with Gasteiger partial charge in [0.2, 0.25) is 0 Å². The van der Waals surface area contributed by atoms with Gasteiger partial charge in [-0.3, -0.25) is 0 Å². The van der Waals surface area contributed by atoms with Crippen LogP contribution in [0, 0.1) is 0 Å². The van der Waals surface area contributed by atoms with Crippen LogP contribution in [-0.2, 0) is 0 Å². The molecule has 10 aromatic carbocycles. The highest BCUT2D eigenvalue weighted by atomic mass is 16.5. The van der Waals surface area contributed by atoms with Crippen LogP contribution in [-0.4, -0.2) is 13.2 Å². The Labute approximate surface area is 412 Å². The maximum atomic E-state index is 6.25. The first-order chi connectivity index (χ1) is 34.5. The Morgan fingerprint density at radius 2 is 0.514 bits per heavy atom. The Morgan fingerprint density at radius 3 is 0.800 bits per heavy atom. The molecule has 0 saturated heterocycles. The van der Waals surface area contributed by atoms with Crippen molar-refractivity contribution in [3.63, 3.8) is 0 Å². The van der Waals surface area contributed by atoms with Crippen LogP contribution < -0.4 is 20.9 Å². The lowest BCUT2D eigenvalue weighted by Gasteiger charge is -2.19. The number of unbranched alkanes of at least 4 members (excludes halogenated alkanes) is 3. The van der Waals surface area contributed by atoms with Gasteiger partial charge in [-0.2, -0.15) is 0 Å². The Kier molecular flexibility index (Phi) is 13.9. The summed E-state index contributed by atoms with van der Waals surface area (Å²) in [7, 11) is 0. The van der Waals surface area contributed by atoms with E-state index in [-0.39, 0.29) is 0 Å². The predicted octanol–water partition coefficient (Wildman–Crippen LogP) is 17.2. The summed E-state index contributed by atoms with van der Waals surface area (Å²) in [6, 6.07) is 85.3. The van der Waals surface area contributed by atoms with Crippen molar-refractivity contribution in [1.82, 2.24) is 0 Å². The molecule has 0 aliphatic carbocycles. The van der Waals surface area contributed by atoms with Crippen LogP contribution in [0.4, 0.5) is 11.4 Å². The summed E-state index contributed by atoms with van der Waals surface area (Å²) < 4.78 is 12.5. The van der Waals surface area contributed by atoms with Crippen molar-refractivity contribution in [3.05, 3.63) is 243 Å². The Balaban J connectivity index is 0.759. The molecule has 0 unspecified atom stereocenters. The highest BCUT2D eigenvalue weighted by Gasteiger charge is 2.19. The molecular weight excluding hydrogens is 853 g/mol. The van der Waals surface area contributed by atoms with Crippen molar-refractivity contribution in [3.8, 4) is 101 Å². The van der Waals surface area contributed by atoms with Crippen LogP contribution in [0.3, 0.4) is 0 Å². The summed E-state index contributed by atoms with van der Waals surface area (Å²) in [6.45, 7) is 1.35. The average Bonchev–Trinajstić information content (AvgIpc) is 3.43. The molecule has 4 nitrogen and oxygen atoms in total. The van der Waals surface area contributed by atoms with Crippen LogP contribution in [0.25, 0.3) is 89.0 Å². The van der Waals surface area contributed by atoms with Crippen molar-refractivity contribution >= 4 is 11.4 Å². The highest BCUT2D eigenvalue weighted by molar-refractivity contribution is 5.99. The molecule has 10 aromatic rings. The minimum atomic E-state index is 0.674. The summed E-state index contributed by atoms with van der Waals surface area (Å²) in [5, 5.41) is 0. The van der Waals surface area contributed by atoms with E-state index in [0.29, 0.717) is 13.2 Å². The molecule has 4 N–H and O–H groups in total. The molecule has 0 aliphatic rings. The summed E-state index contributed by atoms with van der Waals surface area (Å²) in [5.41, 5.74) is 32.4. The molecular formula is C66H56N2O2. The molecule has 10 rings (SSSR count). The second kappa shape index (κ2) is 21.6. The maximum absolute atomic E-state index is 6.25. The minimum absolute atomic E-state index is 0.674. The summed E-state index contributed by atoms with van der Waals surface area (Å²) >= 11 is 0. The molecule has 0 radical (unpaired) electrons. The van der Waals surface area contributed by atoms with Gasteiger partial charge in [0.15, 0.2) is 0 Å². The number of rotatable bonds is 17. The monoisotopic (exact) mass is 908 g/mol. The second-order valence-electron chi connectivity index (χ2n) is 17.8. The molecule has 0 fully saturated rings. The lowest BCUT2D eigenvalue weighted by Crippen LogP contribution is -2.00. The molecule has 70 heavy (non-hydrogen) atoms. The fraction of sp³-hybridized carbons (Fsp3) is 0.0909. The van der Waals surface area contributed by atoms with E-state index in [0.717, 1.165) is 81.9 Å². The molecule has 0 spiro atoms. The third kappa shape index (κ3) is 10.6. The first-order valence-corrected chi connectivity index (χ1v) is 24.3. The summed E-state index contributed by atoms with van der Waals surface area (Å²) in [5.74, 6) is 1.76. The molecule has 0 aromatic heterocycles. The van der Waals surface area contributed by atoms with E-state index in [1.54, 1.807) is 0 Å². The van der Waals surface area contributed by atoms with Gasteiger partial charge >= 0.3 is 0 Å². The van der Waals surface area contributed by atoms with Crippen molar-refractivity contribution in [2.75, 3.05) is 24.7 Å². The van der Waals surface area contributed by atoms with Crippen LogP contribution in [0.1, 0.15) is 25.7 Å². The van der Waals surface area contributed by atoms with Crippen molar-refractivity contribution < 1.29 is 9.47 Å². The lowest BCUT2D eigenvalue weighted by molar-refractivity contribution is 0.287. The second-order valence-corrected chi connectivity index (χ2v) is 17.8. The van der Waals surface area contributed by atoms with Crippen molar-refractivity contribution in [2.45, 2.75) is 25.7 Å². The molecule has 0 bridgehead atoms. The molecule has 4 heteroatoms. The largest absolute Gasteiger partial charge is 0.494 e. The maximum Gasteiger partial charge on any atom is 0.119 e. The zero-order valence-corrected chi connectivity index (χ0v) is 39.3. The van der Waals surface area contributed by atoms with Crippen LogP contribution >= 0.6 is 0 Å². The van der Waals surface area contributed by atoms with Gasteiger partial charge in [0.25, 0.3) is 0 Å². The highest BCUT2D eigenvalue weighted by Crippen LogP contribution is 2.45. The van der Waals surface area contributed by atoms with E-state index in [1.807, 2.05) is 24.3 Å². The normalized spacial score (nSPS) is 11.0. The van der Waals surface area contributed by atoms with Crippen molar-refractivity contribution in [1.29, 1.82) is 0 Å². The number of benzene rings is 10. The third-order valence-corrected chi connectivity index (χ3v) is 13.0. The van der Waals surface area contributed by atoms with E-state index in [9.17, 15) is 0 Å². The van der Waals surface area contributed by atoms with E-state index in [2.05, 4.69) is 218 Å². The number of hydrogen-bond donors (Lipinski definition) is 2. The van der Waals surface area contributed by atoms with E-state index >= 15 is 0 Å². The van der Waals surface area contributed by atoms with Crippen LogP contribution in [0.15, 0.2) is 243 Å². The molecule has 0 atom stereocenters. The number of nitrogens with two attached hydrogens (primary N) is 2. The first-order valence-electron chi connectivity index (χ1n) is 24.3. The van der Waals surface area contributed by atoms with Gasteiger partial charge in [-0.25, -0.2) is 0 Å². The molecule has 0 aliphatic heterocycles. The molecule has 0 amide bonds. The predicted molar refractivity (Wildman–Crippen MR) is 295 cm³/mol. The lowest BCUT2D eigenvalue weighted by atomic mass is 9.84. The van der Waals surface area contributed by atoms with Gasteiger partial charge in [-0.05, 0) is 187 Å². The Morgan fingerprint density at radius 1 is 0.243 bits per heavy atom. The molecule has 0 saturated carbocycles. The topological polar surface area (TPSA) is 70.5 Å². The van der Waals surface area contributed by atoms with E-state index in [4.69, 9.17) is 20.9 Å². The fourth-order valence-corrected chi connectivity index (χ4v) is 9.35. The van der Waals surface area contributed by atoms with E-state index < -0.39 is 0 Å². The van der Waals surface area contributed by atoms with Gasteiger partial charge < -0.3 is 20.9 Å². The summed E-state index contributed by atoms with van der Waals surface area (Å²) in [4.78, 5) is 0. The van der Waals surface area contributed by atoms with Gasteiger partial charge in [0.1, 0.15) is 11.5 Å². The quantitative estimate of drug-likeness (QED) is 0.0705.